The summed E-state index contributed by atoms with van der Waals surface area (Å²) in [6, 6.07) is 5.39. The van der Waals surface area contributed by atoms with Gasteiger partial charge >= 0.3 is 5.97 Å². The summed E-state index contributed by atoms with van der Waals surface area (Å²) in [6.07, 6.45) is 4.12. The number of carboxylic acids is 1. The number of carbonyl (C=O) groups is 2. The van der Waals surface area contributed by atoms with Crippen LogP contribution in [0.25, 0.3) is 0 Å². The van der Waals surface area contributed by atoms with E-state index < -0.39 is 11.9 Å². The first-order valence-electron chi connectivity index (χ1n) is 7.20. The minimum absolute atomic E-state index is 0.0743. The number of hydrogen-bond acceptors (Lipinski definition) is 2. The lowest BCUT2D eigenvalue weighted by Crippen LogP contribution is -2.17. The summed E-state index contributed by atoms with van der Waals surface area (Å²) in [5.41, 5.74) is 2.75. The van der Waals surface area contributed by atoms with E-state index >= 15 is 0 Å². The van der Waals surface area contributed by atoms with E-state index in [0.29, 0.717) is 24.4 Å². The third-order valence-corrected chi connectivity index (χ3v) is 4.16. The molecular weight excluding hydrogens is 268 g/mol. The average Bonchev–Trinajstić information content (AvgIpc) is 3.02. The molecule has 1 aliphatic rings. The molecule has 1 unspecified atom stereocenters. The monoisotopic (exact) mass is 286 g/mol. The topological polar surface area (TPSA) is 75.1 Å². The second-order valence-corrected chi connectivity index (χ2v) is 5.55. The molecule has 0 bridgehead atoms. The van der Waals surface area contributed by atoms with Crippen molar-refractivity contribution in [2.24, 2.45) is 0 Å². The standard InChI is InChI=1S/C16H18N2O3/c1-10-9-13-11(16(20)21)5-2-3-8-18(13)14(10)15(19)12-6-4-7-17-12/h4,6-7,9,11,17H,2-3,5,8H2,1H3,(H,20,21). The van der Waals surface area contributed by atoms with E-state index in [2.05, 4.69) is 4.98 Å². The van der Waals surface area contributed by atoms with Gasteiger partial charge in [0.25, 0.3) is 0 Å². The molecule has 3 rings (SSSR count). The molecule has 1 aliphatic heterocycles. The number of nitrogens with one attached hydrogen (secondary N) is 1. The van der Waals surface area contributed by atoms with Crippen molar-refractivity contribution >= 4 is 11.8 Å². The molecule has 0 fully saturated rings. The summed E-state index contributed by atoms with van der Waals surface area (Å²) in [7, 11) is 0. The van der Waals surface area contributed by atoms with Gasteiger partial charge in [0.2, 0.25) is 5.78 Å². The summed E-state index contributed by atoms with van der Waals surface area (Å²) < 4.78 is 1.91. The number of aromatic amines is 1. The van der Waals surface area contributed by atoms with E-state index in [1.54, 1.807) is 18.3 Å². The predicted octanol–water partition coefficient (Wildman–Crippen LogP) is 2.71. The number of nitrogens with zero attached hydrogens (tertiary/aromatic N) is 1. The highest BCUT2D eigenvalue weighted by atomic mass is 16.4. The van der Waals surface area contributed by atoms with Gasteiger partial charge < -0.3 is 14.7 Å². The first-order valence-corrected chi connectivity index (χ1v) is 7.20. The quantitative estimate of drug-likeness (QED) is 0.852. The van der Waals surface area contributed by atoms with Crippen LogP contribution >= 0.6 is 0 Å². The first-order chi connectivity index (χ1) is 10.1. The van der Waals surface area contributed by atoms with Crippen LogP contribution < -0.4 is 0 Å². The van der Waals surface area contributed by atoms with Gasteiger partial charge in [-0.1, -0.05) is 6.42 Å². The molecule has 2 aromatic rings. The van der Waals surface area contributed by atoms with Crippen LogP contribution in [-0.4, -0.2) is 26.4 Å². The average molecular weight is 286 g/mol. The Kier molecular flexibility index (Phi) is 3.41. The van der Waals surface area contributed by atoms with Gasteiger partial charge in [0.1, 0.15) is 0 Å². The summed E-state index contributed by atoms with van der Waals surface area (Å²) >= 11 is 0. The lowest BCUT2D eigenvalue weighted by atomic mass is 9.99. The smallest absolute Gasteiger partial charge is 0.312 e. The minimum atomic E-state index is -0.811. The lowest BCUT2D eigenvalue weighted by Gasteiger charge is -2.13. The highest BCUT2D eigenvalue weighted by Gasteiger charge is 2.30. The van der Waals surface area contributed by atoms with Crippen molar-refractivity contribution in [3.05, 3.63) is 47.0 Å². The SMILES string of the molecule is Cc1cc2n(c1C(=O)c1ccc[nH]1)CCCCC2C(=O)O. The number of rotatable bonds is 3. The first kappa shape index (κ1) is 13.7. The zero-order chi connectivity index (χ0) is 15.0. The van der Waals surface area contributed by atoms with Crippen LogP contribution in [0.15, 0.2) is 24.4 Å². The van der Waals surface area contributed by atoms with Crippen molar-refractivity contribution in [1.29, 1.82) is 0 Å². The zero-order valence-electron chi connectivity index (χ0n) is 11.9. The summed E-state index contributed by atoms with van der Waals surface area (Å²) in [5.74, 6) is -1.40. The molecule has 2 aromatic heterocycles. The van der Waals surface area contributed by atoms with Gasteiger partial charge in [0.05, 0.1) is 17.3 Å². The maximum Gasteiger partial charge on any atom is 0.312 e. The van der Waals surface area contributed by atoms with Crippen molar-refractivity contribution < 1.29 is 14.7 Å². The fourth-order valence-corrected chi connectivity index (χ4v) is 3.16. The Hall–Kier alpha value is -2.30. The summed E-state index contributed by atoms with van der Waals surface area (Å²) in [5, 5.41) is 9.43. The maximum atomic E-state index is 12.7. The Labute approximate surface area is 122 Å². The zero-order valence-corrected chi connectivity index (χ0v) is 11.9. The number of aromatic nitrogens is 2. The van der Waals surface area contributed by atoms with E-state index in [-0.39, 0.29) is 5.78 Å². The van der Waals surface area contributed by atoms with E-state index in [0.717, 1.165) is 24.1 Å². The predicted molar refractivity (Wildman–Crippen MR) is 77.6 cm³/mol. The number of aliphatic carboxylic acids is 1. The second-order valence-electron chi connectivity index (χ2n) is 5.55. The molecule has 110 valence electrons. The molecular formula is C16H18N2O3. The molecule has 0 aliphatic carbocycles. The number of aryl methyl sites for hydroxylation is 1. The second kappa shape index (κ2) is 5.24. The normalized spacial score (nSPS) is 18.0. The molecule has 0 radical (unpaired) electrons. The van der Waals surface area contributed by atoms with Crippen LogP contribution in [0.2, 0.25) is 0 Å². The minimum Gasteiger partial charge on any atom is -0.481 e. The van der Waals surface area contributed by atoms with Gasteiger partial charge in [-0.3, -0.25) is 9.59 Å². The van der Waals surface area contributed by atoms with E-state index in [1.807, 2.05) is 17.6 Å². The van der Waals surface area contributed by atoms with E-state index in [4.69, 9.17) is 0 Å². The summed E-state index contributed by atoms with van der Waals surface area (Å²) in [6.45, 7) is 2.57. The Morgan fingerprint density at radius 1 is 1.38 bits per heavy atom. The fourth-order valence-electron chi connectivity index (χ4n) is 3.16. The van der Waals surface area contributed by atoms with Crippen LogP contribution in [0.3, 0.4) is 0 Å². The van der Waals surface area contributed by atoms with Gasteiger partial charge in [0.15, 0.2) is 0 Å². The van der Waals surface area contributed by atoms with Crippen molar-refractivity contribution in [2.45, 2.75) is 38.6 Å². The van der Waals surface area contributed by atoms with Crippen LogP contribution in [0.5, 0.6) is 0 Å². The lowest BCUT2D eigenvalue weighted by molar-refractivity contribution is -0.139. The Balaban J connectivity index is 2.11. The number of hydrogen-bond donors (Lipinski definition) is 2. The van der Waals surface area contributed by atoms with Gasteiger partial charge in [-0.15, -0.1) is 0 Å². The molecule has 0 saturated heterocycles. The number of ketones is 1. The molecule has 0 spiro atoms. The number of carbonyl (C=O) groups excluding carboxylic acids is 1. The van der Waals surface area contributed by atoms with E-state index in [1.165, 1.54) is 0 Å². The number of fused-ring (bicyclic) bond motifs is 1. The van der Waals surface area contributed by atoms with Crippen molar-refractivity contribution in [3.8, 4) is 0 Å². The van der Waals surface area contributed by atoms with Crippen LogP contribution in [0.1, 0.15) is 52.6 Å². The summed E-state index contributed by atoms with van der Waals surface area (Å²) in [4.78, 5) is 27.1. The molecule has 0 saturated carbocycles. The van der Waals surface area contributed by atoms with Crippen molar-refractivity contribution in [1.82, 2.24) is 9.55 Å². The van der Waals surface area contributed by atoms with Gasteiger partial charge in [-0.2, -0.15) is 0 Å². The molecule has 0 amide bonds. The van der Waals surface area contributed by atoms with Gasteiger partial charge in [-0.05, 0) is 43.5 Å². The van der Waals surface area contributed by atoms with Gasteiger partial charge in [-0.25, -0.2) is 0 Å². The van der Waals surface area contributed by atoms with Crippen LogP contribution in [0.4, 0.5) is 0 Å². The molecule has 3 heterocycles. The third kappa shape index (κ3) is 2.28. The number of carboxylic acid groups (broad SMARTS) is 1. The Morgan fingerprint density at radius 2 is 2.19 bits per heavy atom. The highest BCUT2D eigenvalue weighted by molar-refractivity contribution is 6.08. The molecule has 5 nitrogen and oxygen atoms in total. The molecule has 5 heteroatoms. The molecule has 2 N–H and O–H groups in total. The fraction of sp³-hybridized carbons (Fsp3) is 0.375. The molecule has 0 aromatic carbocycles. The Morgan fingerprint density at radius 3 is 2.86 bits per heavy atom. The van der Waals surface area contributed by atoms with Crippen molar-refractivity contribution in [3.63, 3.8) is 0 Å². The Bertz CT molecular complexity index is 683. The number of H-pyrrole nitrogens is 1. The highest BCUT2D eigenvalue weighted by Crippen LogP contribution is 2.31. The third-order valence-electron chi connectivity index (χ3n) is 4.16. The van der Waals surface area contributed by atoms with Gasteiger partial charge in [0, 0.05) is 18.4 Å². The largest absolute Gasteiger partial charge is 0.481 e. The van der Waals surface area contributed by atoms with Crippen LogP contribution in [0, 0.1) is 6.92 Å². The van der Waals surface area contributed by atoms with Crippen LogP contribution in [-0.2, 0) is 11.3 Å². The maximum absolute atomic E-state index is 12.7. The van der Waals surface area contributed by atoms with Crippen molar-refractivity contribution in [2.75, 3.05) is 0 Å². The molecule has 1 atom stereocenters. The van der Waals surface area contributed by atoms with E-state index in [9.17, 15) is 14.7 Å². The molecule has 21 heavy (non-hydrogen) atoms.